The SMILES string of the molecule is CNCC(COCC(F)(F)F)c1ccccc1. The number of alkyl halides is 3. The summed E-state index contributed by atoms with van der Waals surface area (Å²) in [5, 5.41) is 2.95. The number of hydrogen-bond acceptors (Lipinski definition) is 2. The van der Waals surface area contributed by atoms with E-state index >= 15 is 0 Å². The summed E-state index contributed by atoms with van der Waals surface area (Å²) in [5.41, 5.74) is 0.976. The van der Waals surface area contributed by atoms with E-state index in [4.69, 9.17) is 4.74 Å². The van der Waals surface area contributed by atoms with Crippen molar-refractivity contribution in [1.29, 1.82) is 0 Å². The highest BCUT2D eigenvalue weighted by Crippen LogP contribution is 2.18. The molecule has 0 bridgehead atoms. The van der Waals surface area contributed by atoms with Crippen molar-refractivity contribution in [1.82, 2.24) is 5.32 Å². The monoisotopic (exact) mass is 247 g/mol. The number of likely N-dealkylation sites (N-methyl/N-ethyl adjacent to an activating group) is 1. The van der Waals surface area contributed by atoms with Gasteiger partial charge in [-0.3, -0.25) is 0 Å². The van der Waals surface area contributed by atoms with E-state index in [-0.39, 0.29) is 12.5 Å². The summed E-state index contributed by atoms with van der Waals surface area (Å²) in [6.45, 7) is -0.549. The molecule has 1 aromatic carbocycles. The maximum Gasteiger partial charge on any atom is 0.411 e. The molecule has 1 N–H and O–H groups in total. The molecule has 96 valence electrons. The third kappa shape index (κ3) is 5.70. The van der Waals surface area contributed by atoms with Crippen LogP contribution >= 0.6 is 0 Å². The summed E-state index contributed by atoms with van der Waals surface area (Å²) in [6, 6.07) is 9.37. The molecule has 17 heavy (non-hydrogen) atoms. The van der Waals surface area contributed by atoms with E-state index in [0.717, 1.165) is 5.56 Å². The topological polar surface area (TPSA) is 21.3 Å². The molecular formula is C12H16F3NO. The van der Waals surface area contributed by atoms with Crippen molar-refractivity contribution in [2.45, 2.75) is 12.1 Å². The molecule has 0 aliphatic rings. The second-order valence-electron chi connectivity index (χ2n) is 3.80. The molecule has 0 fully saturated rings. The van der Waals surface area contributed by atoms with Crippen LogP contribution in [0.3, 0.4) is 0 Å². The lowest BCUT2D eigenvalue weighted by Crippen LogP contribution is -2.24. The number of halogens is 3. The summed E-state index contributed by atoms with van der Waals surface area (Å²) in [4.78, 5) is 0. The van der Waals surface area contributed by atoms with Crippen molar-refractivity contribution in [2.75, 3.05) is 26.8 Å². The first-order valence-electron chi connectivity index (χ1n) is 5.37. The Morgan fingerprint density at radius 3 is 2.41 bits per heavy atom. The number of hydrogen-bond donors (Lipinski definition) is 1. The fourth-order valence-corrected chi connectivity index (χ4v) is 1.56. The minimum absolute atomic E-state index is 0.0599. The molecule has 0 spiro atoms. The van der Waals surface area contributed by atoms with Crippen LogP contribution in [0.1, 0.15) is 11.5 Å². The molecule has 1 rings (SSSR count). The fourth-order valence-electron chi connectivity index (χ4n) is 1.56. The van der Waals surface area contributed by atoms with Crippen LogP contribution in [0.4, 0.5) is 13.2 Å². The maximum absolute atomic E-state index is 12.0. The van der Waals surface area contributed by atoms with Gasteiger partial charge in [-0.1, -0.05) is 30.3 Å². The Morgan fingerprint density at radius 1 is 1.24 bits per heavy atom. The molecule has 2 nitrogen and oxygen atoms in total. The third-order valence-electron chi connectivity index (χ3n) is 2.31. The first-order chi connectivity index (χ1) is 8.03. The van der Waals surface area contributed by atoms with Crippen molar-refractivity contribution in [2.24, 2.45) is 0 Å². The summed E-state index contributed by atoms with van der Waals surface area (Å²) in [7, 11) is 1.76. The van der Waals surface area contributed by atoms with Gasteiger partial charge in [0.25, 0.3) is 0 Å². The van der Waals surface area contributed by atoms with E-state index in [0.29, 0.717) is 6.54 Å². The van der Waals surface area contributed by atoms with Gasteiger partial charge in [0.05, 0.1) is 6.61 Å². The molecule has 0 saturated carbocycles. The molecule has 0 aliphatic carbocycles. The first-order valence-corrected chi connectivity index (χ1v) is 5.37. The zero-order valence-electron chi connectivity index (χ0n) is 9.63. The lowest BCUT2D eigenvalue weighted by Gasteiger charge is -2.17. The van der Waals surface area contributed by atoms with E-state index in [1.807, 2.05) is 30.3 Å². The van der Waals surface area contributed by atoms with Crippen LogP contribution in [0.25, 0.3) is 0 Å². The minimum atomic E-state index is -4.26. The Kier molecular flexibility index (Phi) is 5.44. The lowest BCUT2D eigenvalue weighted by molar-refractivity contribution is -0.174. The molecule has 5 heteroatoms. The molecular weight excluding hydrogens is 231 g/mol. The van der Waals surface area contributed by atoms with Gasteiger partial charge in [-0.15, -0.1) is 0 Å². The number of benzene rings is 1. The number of nitrogens with one attached hydrogen (secondary N) is 1. The number of rotatable bonds is 6. The molecule has 0 saturated heterocycles. The summed E-state index contributed by atoms with van der Waals surface area (Å²) < 4.78 is 40.6. The maximum atomic E-state index is 12.0. The van der Waals surface area contributed by atoms with Gasteiger partial charge in [0.15, 0.2) is 0 Å². The highest BCUT2D eigenvalue weighted by Gasteiger charge is 2.28. The summed E-state index contributed by atoms with van der Waals surface area (Å²) in [5.74, 6) is -0.0662. The van der Waals surface area contributed by atoms with E-state index < -0.39 is 12.8 Å². The zero-order chi connectivity index (χ0) is 12.7. The summed E-state index contributed by atoms with van der Waals surface area (Å²) >= 11 is 0. The molecule has 1 aromatic rings. The van der Waals surface area contributed by atoms with Crippen LogP contribution in [0, 0.1) is 0 Å². The van der Waals surface area contributed by atoms with E-state index in [9.17, 15) is 13.2 Å². The van der Waals surface area contributed by atoms with Gasteiger partial charge in [0, 0.05) is 12.5 Å². The molecule has 1 unspecified atom stereocenters. The van der Waals surface area contributed by atoms with Crippen LogP contribution in [-0.4, -0.2) is 33.0 Å². The lowest BCUT2D eigenvalue weighted by atomic mass is 10.0. The molecule has 0 amide bonds. The van der Waals surface area contributed by atoms with Gasteiger partial charge in [-0.25, -0.2) is 0 Å². The van der Waals surface area contributed by atoms with Crippen LogP contribution in [0.15, 0.2) is 30.3 Å². The fraction of sp³-hybridized carbons (Fsp3) is 0.500. The summed E-state index contributed by atoms with van der Waals surface area (Å²) in [6.07, 6.45) is -4.26. The van der Waals surface area contributed by atoms with Gasteiger partial charge in [0.1, 0.15) is 6.61 Å². The molecule has 0 aliphatic heterocycles. The highest BCUT2D eigenvalue weighted by molar-refractivity contribution is 5.19. The smallest absolute Gasteiger partial charge is 0.371 e. The Morgan fingerprint density at radius 2 is 1.88 bits per heavy atom. The molecule has 0 aromatic heterocycles. The van der Waals surface area contributed by atoms with Crippen LogP contribution in [0.5, 0.6) is 0 Å². The minimum Gasteiger partial charge on any atom is -0.371 e. The van der Waals surface area contributed by atoms with Crippen molar-refractivity contribution < 1.29 is 17.9 Å². The molecule has 0 radical (unpaired) electrons. The second kappa shape index (κ2) is 6.61. The van der Waals surface area contributed by atoms with Crippen molar-refractivity contribution in [3.05, 3.63) is 35.9 Å². The van der Waals surface area contributed by atoms with Crippen molar-refractivity contribution >= 4 is 0 Å². The van der Waals surface area contributed by atoms with Gasteiger partial charge < -0.3 is 10.1 Å². The van der Waals surface area contributed by atoms with Crippen molar-refractivity contribution in [3.63, 3.8) is 0 Å². The predicted octanol–water partition coefficient (Wildman–Crippen LogP) is 2.57. The van der Waals surface area contributed by atoms with Crippen LogP contribution in [0.2, 0.25) is 0 Å². The quantitative estimate of drug-likeness (QED) is 0.834. The van der Waals surface area contributed by atoms with E-state index in [2.05, 4.69) is 5.32 Å². The molecule has 1 atom stereocenters. The Hall–Kier alpha value is -1.07. The number of ether oxygens (including phenoxy) is 1. The molecule has 0 heterocycles. The Labute approximate surface area is 98.8 Å². The van der Waals surface area contributed by atoms with Gasteiger partial charge in [-0.05, 0) is 12.6 Å². The third-order valence-corrected chi connectivity index (χ3v) is 2.31. The van der Waals surface area contributed by atoms with E-state index in [1.54, 1.807) is 7.05 Å². The average Bonchev–Trinajstić information content (AvgIpc) is 2.27. The zero-order valence-corrected chi connectivity index (χ0v) is 9.63. The standard InChI is InChI=1S/C12H16F3NO/c1-16-7-11(8-17-9-12(13,14)15)10-5-3-2-4-6-10/h2-6,11,16H,7-9H2,1H3. The van der Waals surface area contributed by atoms with Crippen LogP contribution < -0.4 is 5.32 Å². The average molecular weight is 247 g/mol. The Bertz CT molecular complexity index is 313. The highest BCUT2D eigenvalue weighted by atomic mass is 19.4. The van der Waals surface area contributed by atoms with Gasteiger partial charge in [0.2, 0.25) is 0 Å². The first kappa shape index (κ1) is 14.0. The Balaban J connectivity index is 2.50. The van der Waals surface area contributed by atoms with Crippen molar-refractivity contribution in [3.8, 4) is 0 Å². The van der Waals surface area contributed by atoms with E-state index in [1.165, 1.54) is 0 Å². The predicted molar refractivity (Wildman–Crippen MR) is 60.0 cm³/mol. The van der Waals surface area contributed by atoms with Gasteiger partial charge in [-0.2, -0.15) is 13.2 Å². The van der Waals surface area contributed by atoms with Crippen LogP contribution in [-0.2, 0) is 4.74 Å². The van der Waals surface area contributed by atoms with Gasteiger partial charge >= 0.3 is 6.18 Å². The largest absolute Gasteiger partial charge is 0.411 e. The second-order valence-corrected chi connectivity index (χ2v) is 3.80. The normalized spacial score (nSPS) is 13.6.